The van der Waals surface area contributed by atoms with Crippen LogP contribution >= 0.6 is 0 Å². The van der Waals surface area contributed by atoms with Crippen LogP contribution in [0.3, 0.4) is 0 Å². The third kappa shape index (κ3) is 3.89. The molecule has 0 fully saturated rings. The maximum absolute atomic E-state index is 12.1. The molecule has 0 spiro atoms. The van der Waals surface area contributed by atoms with Crippen molar-refractivity contribution in [1.29, 1.82) is 0 Å². The molecule has 108 valence electrons. The zero-order valence-electron chi connectivity index (χ0n) is 12.0. The van der Waals surface area contributed by atoms with Gasteiger partial charge < -0.3 is 10.6 Å². The smallest absolute Gasteiger partial charge is 0.251 e. The highest BCUT2D eigenvalue weighted by Crippen LogP contribution is 2.10. The number of aromatic nitrogens is 1. The van der Waals surface area contributed by atoms with Crippen LogP contribution in [0.1, 0.15) is 23.0 Å². The van der Waals surface area contributed by atoms with Gasteiger partial charge in [-0.05, 0) is 38.1 Å². The molecule has 0 saturated carbocycles. The largest absolute Gasteiger partial charge is 0.341 e. The molecular formula is C16H17N3O2. The van der Waals surface area contributed by atoms with Gasteiger partial charge in [-0.1, -0.05) is 18.2 Å². The number of hydrogen-bond acceptors (Lipinski definition) is 3. The van der Waals surface area contributed by atoms with E-state index in [-0.39, 0.29) is 11.8 Å². The predicted octanol–water partition coefficient (Wildman–Crippen LogP) is 2.15. The van der Waals surface area contributed by atoms with Crippen molar-refractivity contribution in [3.63, 3.8) is 0 Å². The van der Waals surface area contributed by atoms with E-state index in [0.29, 0.717) is 11.3 Å². The van der Waals surface area contributed by atoms with Crippen LogP contribution in [0.5, 0.6) is 0 Å². The summed E-state index contributed by atoms with van der Waals surface area (Å²) < 4.78 is 0. The molecule has 0 bridgehead atoms. The van der Waals surface area contributed by atoms with Crippen LogP contribution in [0.15, 0.2) is 48.7 Å². The fraction of sp³-hybridized carbons (Fsp3) is 0.188. The Hall–Kier alpha value is -2.69. The Morgan fingerprint density at radius 3 is 2.48 bits per heavy atom. The first-order valence-electron chi connectivity index (χ1n) is 6.66. The Morgan fingerprint density at radius 1 is 1.10 bits per heavy atom. The Labute approximate surface area is 123 Å². The third-order valence-corrected chi connectivity index (χ3v) is 3.04. The number of aryl methyl sites for hydroxylation is 1. The molecule has 0 aliphatic heterocycles. The number of amides is 2. The molecule has 21 heavy (non-hydrogen) atoms. The zero-order valence-corrected chi connectivity index (χ0v) is 12.0. The van der Waals surface area contributed by atoms with Crippen molar-refractivity contribution in [3.05, 3.63) is 59.9 Å². The summed E-state index contributed by atoms with van der Waals surface area (Å²) in [5, 5.41) is 5.41. The van der Waals surface area contributed by atoms with Gasteiger partial charge in [0.25, 0.3) is 5.91 Å². The van der Waals surface area contributed by atoms with Gasteiger partial charge in [-0.15, -0.1) is 0 Å². The molecule has 1 atom stereocenters. The minimum Gasteiger partial charge on any atom is -0.341 e. The SMILES string of the molecule is Cc1ncccc1NC(=O)C(C)NC(=O)c1ccccc1. The van der Waals surface area contributed by atoms with E-state index in [1.165, 1.54) is 0 Å². The molecule has 1 aromatic heterocycles. The number of nitrogens with one attached hydrogen (secondary N) is 2. The van der Waals surface area contributed by atoms with Crippen LogP contribution in [0.25, 0.3) is 0 Å². The van der Waals surface area contributed by atoms with E-state index in [0.717, 1.165) is 5.69 Å². The number of benzene rings is 1. The topological polar surface area (TPSA) is 71.1 Å². The van der Waals surface area contributed by atoms with Gasteiger partial charge in [0.1, 0.15) is 6.04 Å². The summed E-state index contributed by atoms with van der Waals surface area (Å²) in [6.45, 7) is 3.45. The van der Waals surface area contributed by atoms with E-state index < -0.39 is 6.04 Å². The average Bonchev–Trinajstić information content (AvgIpc) is 2.50. The lowest BCUT2D eigenvalue weighted by Crippen LogP contribution is -2.41. The summed E-state index contributed by atoms with van der Waals surface area (Å²) in [5.74, 6) is -0.559. The lowest BCUT2D eigenvalue weighted by Gasteiger charge is -2.15. The standard InChI is InChI=1S/C16H17N3O2/c1-11-14(9-6-10-17-11)19-15(20)12(2)18-16(21)13-7-4-3-5-8-13/h3-10,12H,1-2H3,(H,18,21)(H,19,20). The van der Waals surface area contributed by atoms with Crippen molar-refractivity contribution in [2.45, 2.75) is 19.9 Å². The van der Waals surface area contributed by atoms with Crippen LogP contribution in [0, 0.1) is 6.92 Å². The lowest BCUT2D eigenvalue weighted by molar-refractivity contribution is -0.117. The van der Waals surface area contributed by atoms with Gasteiger partial charge in [0.2, 0.25) is 5.91 Å². The molecule has 2 rings (SSSR count). The number of hydrogen-bond donors (Lipinski definition) is 2. The quantitative estimate of drug-likeness (QED) is 0.903. The van der Waals surface area contributed by atoms with Gasteiger partial charge in [0.15, 0.2) is 0 Å². The summed E-state index contributed by atoms with van der Waals surface area (Å²) in [6.07, 6.45) is 1.66. The zero-order chi connectivity index (χ0) is 15.2. The van der Waals surface area contributed by atoms with E-state index in [2.05, 4.69) is 15.6 Å². The average molecular weight is 283 g/mol. The fourth-order valence-corrected chi connectivity index (χ4v) is 1.79. The van der Waals surface area contributed by atoms with Crippen molar-refractivity contribution in [2.24, 2.45) is 0 Å². The fourth-order valence-electron chi connectivity index (χ4n) is 1.79. The molecule has 1 unspecified atom stereocenters. The Morgan fingerprint density at radius 2 is 1.81 bits per heavy atom. The van der Waals surface area contributed by atoms with Gasteiger partial charge >= 0.3 is 0 Å². The number of carbonyl (C=O) groups excluding carboxylic acids is 2. The molecular weight excluding hydrogens is 266 g/mol. The van der Waals surface area contributed by atoms with Gasteiger partial charge in [0, 0.05) is 11.8 Å². The monoisotopic (exact) mass is 283 g/mol. The van der Waals surface area contributed by atoms with E-state index >= 15 is 0 Å². The minimum absolute atomic E-state index is 0.277. The second kappa shape index (κ2) is 6.65. The molecule has 2 aromatic rings. The van der Waals surface area contributed by atoms with Gasteiger partial charge in [0.05, 0.1) is 11.4 Å². The van der Waals surface area contributed by atoms with Crippen LogP contribution < -0.4 is 10.6 Å². The van der Waals surface area contributed by atoms with E-state index in [4.69, 9.17) is 0 Å². The van der Waals surface area contributed by atoms with E-state index in [1.54, 1.807) is 49.5 Å². The minimum atomic E-state index is -0.641. The molecule has 2 N–H and O–H groups in total. The molecule has 2 amide bonds. The lowest BCUT2D eigenvalue weighted by atomic mass is 10.2. The molecule has 1 heterocycles. The second-order valence-corrected chi connectivity index (χ2v) is 4.69. The number of anilines is 1. The summed E-state index contributed by atoms with van der Waals surface area (Å²) in [6, 6.07) is 11.7. The molecule has 0 saturated heterocycles. The molecule has 0 radical (unpaired) electrons. The molecule has 5 heteroatoms. The Balaban J connectivity index is 1.97. The Bertz CT molecular complexity index is 641. The van der Waals surface area contributed by atoms with Crippen LogP contribution in [-0.2, 0) is 4.79 Å². The second-order valence-electron chi connectivity index (χ2n) is 4.69. The van der Waals surface area contributed by atoms with Gasteiger partial charge in [-0.25, -0.2) is 0 Å². The molecule has 0 aliphatic carbocycles. The maximum atomic E-state index is 12.1. The number of carbonyl (C=O) groups is 2. The first-order chi connectivity index (χ1) is 10.1. The molecule has 1 aromatic carbocycles. The third-order valence-electron chi connectivity index (χ3n) is 3.04. The summed E-state index contributed by atoms with van der Waals surface area (Å²) in [4.78, 5) is 28.2. The molecule has 0 aliphatic rings. The summed E-state index contributed by atoms with van der Waals surface area (Å²) >= 11 is 0. The van der Waals surface area contributed by atoms with Crippen LogP contribution in [0.2, 0.25) is 0 Å². The van der Waals surface area contributed by atoms with E-state index in [9.17, 15) is 9.59 Å². The van der Waals surface area contributed by atoms with Crippen molar-refractivity contribution >= 4 is 17.5 Å². The maximum Gasteiger partial charge on any atom is 0.251 e. The van der Waals surface area contributed by atoms with Crippen LogP contribution in [0.4, 0.5) is 5.69 Å². The van der Waals surface area contributed by atoms with Gasteiger partial charge in [-0.3, -0.25) is 14.6 Å². The highest BCUT2D eigenvalue weighted by atomic mass is 16.2. The van der Waals surface area contributed by atoms with Crippen molar-refractivity contribution < 1.29 is 9.59 Å². The number of pyridine rings is 1. The highest BCUT2D eigenvalue weighted by Gasteiger charge is 2.17. The summed E-state index contributed by atoms with van der Waals surface area (Å²) in [7, 11) is 0. The first-order valence-corrected chi connectivity index (χ1v) is 6.66. The van der Waals surface area contributed by atoms with Crippen molar-refractivity contribution in [3.8, 4) is 0 Å². The predicted molar refractivity (Wildman–Crippen MR) is 81.0 cm³/mol. The number of rotatable bonds is 4. The summed E-state index contributed by atoms with van der Waals surface area (Å²) in [5.41, 5.74) is 1.89. The van der Waals surface area contributed by atoms with E-state index in [1.807, 2.05) is 13.0 Å². The Kier molecular flexibility index (Phi) is 4.66. The van der Waals surface area contributed by atoms with Crippen molar-refractivity contribution in [2.75, 3.05) is 5.32 Å². The number of nitrogens with zero attached hydrogens (tertiary/aromatic N) is 1. The highest BCUT2D eigenvalue weighted by molar-refractivity contribution is 6.01. The molecule has 5 nitrogen and oxygen atoms in total. The van der Waals surface area contributed by atoms with Crippen molar-refractivity contribution in [1.82, 2.24) is 10.3 Å². The van der Waals surface area contributed by atoms with Crippen LogP contribution in [-0.4, -0.2) is 22.8 Å². The normalized spacial score (nSPS) is 11.5. The van der Waals surface area contributed by atoms with Gasteiger partial charge in [-0.2, -0.15) is 0 Å². The first kappa shape index (κ1) is 14.7.